The molecule has 0 saturated heterocycles. The molecule has 0 unspecified atom stereocenters. The lowest BCUT2D eigenvalue weighted by Gasteiger charge is -2.16. The Hall–Kier alpha value is -2.59. The molecular weight excluding hydrogens is 367 g/mol. The SMILES string of the molecule is CC(=Nn1c(-c2cccc(Cl)c2)cc(C(F)(F)F)c(C#N)c1=O)C(C)C. The molecule has 0 bridgehead atoms. The molecule has 4 nitrogen and oxygen atoms in total. The third-order valence-electron chi connectivity index (χ3n) is 3.82. The van der Waals surface area contributed by atoms with Crippen molar-refractivity contribution in [3.63, 3.8) is 0 Å². The Balaban J connectivity index is 2.96. The number of nitrogens with zero attached hydrogens (tertiary/aromatic N) is 3. The summed E-state index contributed by atoms with van der Waals surface area (Å²) in [5.41, 5.74) is -2.71. The number of hydrogen-bond acceptors (Lipinski definition) is 3. The average Bonchev–Trinajstić information content (AvgIpc) is 2.54. The van der Waals surface area contributed by atoms with Crippen molar-refractivity contribution in [3.05, 3.63) is 56.8 Å². The zero-order valence-corrected chi connectivity index (χ0v) is 15.0. The Kier molecular flexibility index (Phi) is 5.57. The van der Waals surface area contributed by atoms with E-state index in [1.807, 2.05) is 13.8 Å². The molecule has 0 fully saturated rings. The Morgan fingerprint density at radius 1 is 1.31 bits per heavy atom. The van der Waals surface area contributed by atoms with Crippen molar-refractivity contribution in [3.8, 4) is 17.3 Å². The standard InChI is InChI=1S/C18H15ClF3N3O/c1-10(2)11(3)24-25-16(12-5-4-6-13(19)7-12)8-15(18(20,21)22)14(9-23)17(25)26/h4-8,10H,1-3H3. The van der Waals surface area contributed by atoms with E-state index in [0.29, 0.717) is 10.7 Å². The van der Waals surface area contributed by atoms with Crippen LogP contribution in [0.1, 0.15) is 31.9 Å². The second-order valence-corrected chi connectivity index (χ2v) is 6.39. The maximum Gasteiger partial charge on any atom is 0.417 e. The lowest BCUT2D eigenvalue weighted by atomic mass is 10.0. The topological polar surface area (TPSA) is 58.1 Å². The minimum atomic E-state index is -4.85. The third-order valence-corrected chi connectivity index (χ3v) is 4.05. The van der Waals surface area contributed by atoms with Crippen molar-refractivity contribution in [2.45, 2.75) is 26.9 Å². The van der Waals surface area contributed by atoms with Gasteiger partial charge in [-0.25, -0.2) is 0 Å². The van der Waals surface area contributed by atoms with Gasteiger partial charge in [-0.1, -0.05) is 37.6 Å². The number of rotatable bonds is 3. The summed E-state index contributed by atoms with van der Waals surface area (Å²) in [6.45, 7) is 5.32. The molecule has 2 rings (SSSR count). The van der Waals surface area contributed by atoms with Gasteiger partial charge in [0.15, 0.2) is 0 Å². The zero-order chi connectivity index (χ0) is 19.6. The van der Waals surface area contributed by atoms with Gasteiger partial charge in [0, 0.05) is 16.3 Å². The molecule has 0 N–H and O–H groups in total. The van der Waals surface area contributed by atoms with Crippen molar-refractivity contribution < 1.29 is 13.2 Å². The molecule has 1 aromatic heterocycles. The molecular formula is C18H15ClF3N3O. The highest BCUT2D eigenvalue weighted by molar-refractivity contribution is 6.30. The molecule has 0 amide bonds. The second-order valence-electron chi connectivity index (χ2n) is 5.95. The van der Waals surface area contributed by atoms with Gasteiger partial charge in [0.25, 0.3) is 5.56 Å². The summed E-state index contributed by atoms with van der Waals surface area (Å²) in [6, 6.07) is 8.17. The van der Waals surface area contributed by atoms with Crippen molar-refractivity contribution in [2.24, 2.45) is 11.0 Å². The lowest BCUT2D eigenvalue weighted by molar-refractivity contribution is -0.137. The first kappa shape index (κ1) is 19.7. The van der Waals surface area contributed by atoms with E-state index in [1.54, 1.807) is 19.1 Å². The third kappa shape index (κ3) is 3.97. The van der Waals surface area contributed by atoms with Gasteiger partial charge in [-0.15, -0.1) is 0 Å². The highest BCUT2D eigenvalue weighted by Gasteiger charge is 2.36. The summed E-state index contributed by atoms with van der Waals surface area (Å²) in [4.78, 5) is 12.6. The smallest absolute Gasteiger partial charge is 0.266 e. The first-order chi connectivity index (χ1) is 12.1. The summed E-state index contributed by atoms with van der Waals surface area (Å²) in [7, 11) is 0. The Bertz CT molecular complexity index is 969. The van der Waals surface area contributed by atoms with E-state index in [9.17, 15) is 18.0 Å². The van der Waals surface area contributed by atoms with Gasteiger partial charge < -0.3 is 0 Å². The van der Waals surface area contributed by atoms with Crippen molar-refractivity contribution in [2.75, 3.05) is 0 Å². The van der Waals surface area contributed by atoms with Crippen LogP contribution < -0.4 is 5.56 Å². The Labute approximate surface area is 153 Å². The quantitative estimate of drug-likeness (QED) is 0.707. The molecule has 26 heavy (non-hydrogen) atoms. The van der Waals surface area contributed by atoms with Crippen LogP contribution in [0.3, 0.4) is 0 Å². The van der Waals surface area contributed by atoms with Crippen LogP contribution in [0.4, 0.5) is 13.2 Å². The second kappa shape index (κ2) is 7.34. The van der Waals surface area contributed by atoms with Crippen LogP contribution in [0.25, 0.3) is 11.3 Å². The maximum absolute atomic E-state index is 13.4. The predicted molar refractivity (Wildman–Crippen MR) is 94.2 cm³/mol. The highest BCUT2D eigenvalue weighted by atomic mass is 35.5. The van der Waals surface area contributed by atoms with Crippen LogP contribution in [0.15, 0.2) is 40.2 Å². The van der Waals surface area contributed by atoms with Gasteiger partial charge in [0.1, 0.15) is 11.6 Å². The normalized spacial score (nSPS) is 12.3. The van der Waals surface area contributed by atoms with Crippen molar-refractivity contribution >= 4 is 17.3 Å². The monoisotopic (exact) mass is 381 g/mol. The molecule has 2 aromatic rings. The maximum atomic E-state index is 13.4. The minimum absolute atomic E-state index is 0.0399. The number of aromatic nitrogens is 1. The van der Waals surface area contributed by atoms with Crippen LogP contribution in [0, 0.1) is 17.2 Å². The van der Waals surface area contributed by atoms with Gasteiger partial charge in [0.2, 0.25) is 0 Å². The van der Waals surface area contributed by atoms with E-state index >= 15 is 0 Å². The van der Waals surface area contributed by atoms with Crippen LogP contribution in [0.5, 0.6) is 0 Å². The molecule has 8 heteroatoms. The number of alkyl halides is 3. The molecule has 1 heterocycles. The largest absolute Gasteiger partial charge is 0.417 e. The van der Waals surface area contributed by atoms with Gasteiger partial charge in [0.05, 0.1) is 11.3 Å². The number of pyridine rings is 1. The lowest BCUT2D eigenvalue weighted by Crippen LogP contribution is -2.27. The van der Waals surface area contributed by atoms with Crippen molar-refractivity contribution in [1.82, 2.24) is 4.68 Å². The van der Waals surface area contributed by atoms with Gasteiger partial charge in [-0.3, -0.25) is 4.79 Å². The summed E-state index contributed by atoms with van der Waals surface area (Å²) in [5, 5.41) is 13.6. The first-order valence-electron chi connectivity index (χ1n) is 7.65. The Morgan fingerprint density at radius 2 is 1.96 bits per heavy atom. The van der Waals surface area contributed by atoms with Gasteiger partial charge in [-0.2, -0.15) is 28.2 Å². The van der Waals surface area contributed by atoms with E-state index in [1.165, 1.54) is 18.2 Å². The van der Waals surface area contributed by atoms with E-state index in [0.717, 1.165) is 10.7 Å². The molecule has 0 saturated carbocycles. The Morgan fingerprint density at radius 3 is 2.46 bits per heavy atom. The van der Waals surface area contributed by atoms with Crippen LogP contribution >= 0.6 is 11.6 Å². The van der Waals surface area contributed by atoms with E-state index in [-0.39, 0.29) is 17.2 Å². The van der Waals surface area contributed by atoms with Gasteiger partial charge >= 0.3 is 6.18 Å². The van der Waals surface area contributed by atoms with Crippen LogP contribution in [0.2, 0.25) is 5.02 Å². The van der Waals surface area contributed by atoms with E-state index in [2.05, 4.69) is 5.10 Å². The number of nitriles is 1. The average molecular weight is 382 g/mol. The van der Waals surface area contributed by atoms with Gasteiger partial charge in [-0.05, 0) is 31.0 Å². The minimum Gasteiger partial charge on any atom is -0.266 e. The van der Waals surface area contributed by atoms with Crippen molar-refractivity contribution in [1.29, 1.82) is 5.26 Å². The predicted octanol–water partition coefficient (Wildman–Crippen LogP) is 4.94. The molecule has 0 aliphatic heterocycles. The number of halogens is 4. The van der Waals surface area contributed by atoms with E-state index < -0.39 is 22.9 Å². The highest BCUT2D eigenvalue weighted by Crippen LogP contribution is 2.34. The summed E-state index contributed by atoms with van der Waals surface area (Å²) >= 11 is 5.93. The fourth-order valence-electron chi connectivity index (χ4n) is 2.16. The summed E-state index contributed by atoms with van der Waals surface area (Å²) in [5.74, 6) is -0.0399. The number of benzene rings is 1. The first-order valence-corrected chi connectivity index (χ1v) is 8.02. The van der Waals surface area contributed by atoms with Crippen LogP contribution in [-0.2, 0) is 6.18 Å². The molecule has 136 valence electrons. The summed E-state index contributed by atoms with van der Waals surface area (Å²) in [6.07, 6.45) is -4.85. The molecule has 0 radical (unpaired) electrons. The molecule has 0 spiro atoms. The van der Waals surface area contributed by atoms with E-state index in [4.69, 9.17) is 16.9 Å². The molecule has 0 atom stereocenters. The number of hydrogen-bond donors (Lipinski definition) is 0. The fourth-order valence-corrected chi connectivity index (χ4v) is 2.35. The summed E-state index contributed by atoms with van der Waals surface area (Å²) < 4.78 is 40.9. The van der Waals surface area contributed by atoms with Crippen LogP contribution in [-0.4, -0.2) is 10.4 Å². The molecule has 0 aliphatic rings. The zero-order valence-electron chi connectivity index (χ0n) is 14.2. The fraction of sp³-hybridized carbons (Fsp3) is 0.278. The molecule has 0 aliphatic carbocycles. The molecule has 1 aromatic carbocycles.